The molecule has 0 saturated carbocycles. The Labute approximate surface area is 119 Å². The van der Waals surface area contributed by atoms with Crippen molar-refractivity contribution >= 4 is 11.0 Å². The van der Waals surface area contributed by atoms with Crippen LogP contribution in [0, 0.1) is 12.8 Å². The van der Waals surface area contributed by atoms with E-state index in [4.69, 9.17) is 0 Å². The number of hydrogen-bond donors (Lipinski definition) is 1. The highest BCUT2D eigenvalue weighted by Crippen LogP contribution is 2.09. The second-order valence-electron chi connectivity index (χ2n) is 5.63. The number of nitrogens with one attached hydrogen (secondary N) is 1. The number of aromatic nitrogens is 2. The number of rotatable bonds is 5. The lowest BCUT2D eigenvalue weighted by molar-refractivity contribution is 0.416. The van der Waals surface area contributed by atoms with Crippen molar-refractivity contribution in [2.45, 2.75) is 40.3 Å². The molecular weight excluding hydrogens is 250 g/mol. The van der Waals surface area contributed by atoms with E-state index in [1.54, 1.807) is 6.92 Å². The number of nitrogens with zero attached hydrogens (tertiary/aromatic N) is 2. The third-order valence-corrected chi connectivity index (χ3v) is 3.82. The van der Waals surface area contributed by atoms with Crippen LogP contribution in [0.5, 0.6) is 0 Å². The van der Waals surface area contributed by atoms with Crippen molar-refractivity contribution in [1.29, 1.82) is 0 Å². The summed E-state index contributed by atoms with van der Waals surface area (Å²) in [6.45, 7) is 9.77. The molecule has 0 aliphatic carbocycles. The standard InChI is InChI=1S/C16H23N3O/c1-11(2)12(3)17-9-10-19-15-8-6-5-7-14(15)18-13(4)16(19)20/h5-8,11-12,17H,9-10H2,1-4H3. The zero-order chi connectivity index (χ0) is 14.7. The molecule has 0 amide bonds. The molecule has 20 heavy (non-hydrogen) atoms. The molecule has 0 aliphatic rings. The molecule has 4 heteroatoms. The van der Waals surface area contributed by atoms with E-state index < -0.39 is 0 Å². The smallest absolute Gasteiger partial charge is 0.272 e. The van der Waals surface area contributed by atoms with Gasteiger partial charge in [0.15, 0.2) is 0 Å². The largest absolute Gasteiger partial charge is 0.312 e. The maximum atomic E-state index is 12.3. The molecule has 1 aromatic carbocycles. The van der Waals surface area contributed by atoms with Crippen LogP contribution in [0.15, 0.2) is 29.1 Å². The summed E-state index contributed by atoms with van der Waals surface area (Å²) in [6.07, 6.45) is 0. The highest BCUT2D eigenvalue weighted by atomic mass is 16.1. The van der Waals surface area contributed by atoms with Gasteiger partial charge in [-0.05, 0) is 31.9 Å². The van der Waals surface area contributed by atoms with E-state index in [2.05, 4.69) is 31.1 Å². The average Bonchev–Trinajstić information content (AvgIpc) is 2.42. The summed E-state index contributed by atoms with van der Waals surface area (Å²) >= 11 is 0. The van der Waals surface area contributed by atoms with Crippen LogP contribution >= 0.6 is 0 Å². The van der Waals surface area contributed by atoms with Gasteiger partial charge in [-0.15, -0.1) is 0 Å². The van der Waals surface area contributed by atoms with Gasteiger partial charge < -0.3 is 9.88 Å². The lowest BCUT2D eigenvalue weighted by Gasteiger charge is -2.18. The van der Waals surface area contributed by atoms with Crippen molar-refractivity contribution in [3.63, 3.8) is 0 Å². The number of hydrogen-bond acceptors (Lipinski definition) is 3. The van der Waals surface area contributed by atoms with Gasteiger partial charge in [0.25, 0.3) is 5.56 Å². The Morgan fingerprint density at radius 3 is 2.65 bits per heavy atom. The molecule has 1 unspecified atom stereocenters. The summed E-state index contributed by atoms with van der Waals surface area (Å²) < 4.78 is 1.82. The summed E-state index contributed by atoms with van der Waals surface area (Å²) in [6, 6.07) is 8.24. The zero-order valence-corrected chi connectivity index (χ0v) is 12.7. The molecule has 0 fully saturated rings. The molecule has 0 bridgehead atoms. The minimum atomic E-state index is 0.00250. The van der Waals surface area contributed by atoms with E-state index in [9.17, 15) is 4.79 Å². The summed E-state index contributed by atoms with van der Waals surface area (Å²) in [5.74, 6) is 0.586. The van der Waals surface area contributed by atoms with Gasteiger partial charge in [-0.2, -0.15) is 0 Å². The van der Waals surface area contributed by atoms with E-state index in [0.717, 1.165) is 17.6 Å². The van der Waals surface area contributed by atoms with Gasteiger partial charge in [-0.3, -0.25) is 4.79 Å². The lowest BCUT2D eigenvalue weighted by Crippen LogP contribution is -2.35. The SMILES string of the molecule is Cc1nc2ccccc2n(CCNC(C)C(C)C)c1=O. The Kier molecular flexibility index (Phi) is 4.55. The second-order valence-corrected chi connectivity index (χ2v) is 5.63. The predicted octanol–water partition coefficient (Wildman–Crippen LogP) is 2.34. The number of aryl methyl sites for hydroxylation is 1. The third-order valence-electron chi connectivity index (χ3n) is 3.82. The van der Waals surface area contributed by atoms with Crippen molar-refractivity contribution in [1.82, 2.24) is 14.9 Å². The second kappa shape index (κ2) is 6.18. The molecule has 2 aromatic rings. The van der Waals surface area contributed by atoms with Gasteiger partial charge in [0.2, 0.25) is 0 Å². The summed E-state index contributed by atoms with van der Waals surface area (Å²) in [4.78, 5) is 16.6. The van der Waals surface area contributed by atoms with Crippen LogP contribution in [0.4, 0.5) is 0 Å². The van der Waals surface area contributed by atoms with Gasteiger partial charge in [0.1, 0.15) is 5.69 Å². The van der Waals surface area contributed by atoms with Crippen LogP contribution in [-0.4, -0.2) is 22.1 Å². The monoisotopic (exact) mass is 273 g/mol. The molecule has 0 aliphatic heterocycles. The molecule has 1 atom stereocenters. The predicted molar refractivity (Wildman–Crippen MR) is 83.0 cm³/mol. The fourth-order valence-electron chi connectivity index (χ4n) is 2.18. The van der Waals surface area contributed by atoms with Gasteiger partial charge in [-0.1, -0.05) is 26.0 Å². The van der Waals surface area contributed by atoms with Crippen LogP contribution in [-0.2, 0) is 6.54 Å². The van der Waals surface area contributed by atoms with Gasteiger partial charge in [-0.25, -0.2) is 4.98 Å². The molecule has 4 nitrogen and oxygen atoms in total. The first-order valence-corrected chi connectivity index (χ1v) is 7.20. The molecular formula is C16H23N3O. The molecule has 108 valence electrons. The van der Waals surface area contributed by atoms with Crippen molar-refractivity contribution in [2.24, 2.45) is 5.92 Å². The van der Waals surface area contributed by atoms with Crippen molar-refractivity contribution in [3.8, 4) is 0 Å². The van der Waals surface area contributed by atoms with Crippen LogP contribution in [0.2, 0.25) is 0 Å². The minimum Gasteiger partial charge on any atom is -0.312 e. The van der Waals surface area contributed by atoms with Crippen molar-refractivity contribution < 1.29 is 0 Å². The van der Waals surface area contributed by atoms with Gasteiger partial charge >= 0.3 is 0 Å². The van der Waals surface area contributed by atoms with Crippen LogP contribution < -0.4 is 10.9 Å². The molecule has 1 heterocycles. The Morgan fingerprint density at radius 1 is 1.25 bits per heavy atom. The highest BCUT2D eigenvalue weighted by molar-refractivity contribution is 5.74. The fraction of sp³-hybridized carbons (Fsp3) is 0.500. The lowest BCUT2D eigenvalue weighted by atomic mass is 10.1. The minimum absolute atomic E-state index is 0.00250. The van der Waals surface area contributed by atoms with E-state index in [0.29, 0.717) is 24.2 Å². The maximum Gasteiger partial charge on any atom is 0.272 e. The molecule has 0 saturated heterocycles. The van der Waals surface area contributed by atoms with Crippen LogP contribution in [0.1, 0.15) is 26.5 Å². The Morgan fingerprint density at radius 2 is 1.95 bits per heavy atom. The van der Waals surface area contributed by atoms with Gasteiger partial charge in [0, 0.05) is 19.1 Å². The molecule has 1 N–H and O–H groups in total. The van der Waals surface area contributed by atoms with E-state index in [1.165, 1.54) is 0 Å². The summed E-state index contributed by atoms with van der Waals surface area (Å²) in [5, 5.41) is 3.46. The first-order chi connectivity index (χ1) is 9.50. The first-order valence-electron chi connectivity index (χ1n) is 7.20. The third kappa shape index (κ3) is 3.07. The number of para-hydroxylation sites is 2. The fourth-order valence-corrected chi connectivity index (χ4v) is 2.18. The normalized spacial score (nSPS) is 13.1. The Bertz CT molecular complexity index is 646. The maximum absolute atomic E-state index is 12.3. The number of fused-ring (bicyclic) bond motifs is 1. The summed E-state index contributed by atoms with van der Waals surface area (Å²) in [5.41, 5.74) is 2.34. The zero-order valence-electron chi connectivity index (χ0n) is 12.7. The molecule has 2 rings (SSSR count). The van der Waals surface area contributed by atoms with Crippen molar-refractivity contribution in [2.75, 3.05) is 6.54 Å². The Hall–Kier alpha value is -1.68. The van der Waals surface area contributed by atoms with E-state index in [-0.39, 0.29) is 5.56 Å². The Balaban J connectivity index is 2.25. The van der Waals surface area contributed by atoms with E-state index >= 15 is 0 Å². The topological polar surface area (TPSA) is 46.9 Å². The highest BCUT2D eigenvalue weighted by Gasteiger charge is 2.09. The average molecular weight is 273 g/mol. The van der Waals surface area contributed by atoms with E-state index in [1.807, 2.05) is 28.8 Å². The quantitative estimate of drug-likeness (QED) is 0.909. The van der Waals surface area contributed by atoms with Gasteiger partial charge in [0.05, 0.1) is 11.0 Å². The summed E-state index contributed by atoms with van der Waals surface area (Å²) in [7, 11) is 0. The molecule has 1 aromatic heterocycles. The molecule has 0 spiro atoms. The van der Waals surface area contributed by atoms with Crippen molar-refractivity contribution in [3.05, 3.63) is 40.3 Å². The molecule has 0 radical (unpaired) electrons. The van der Waals surface area contributed by atoms with Crippen LogP contribution in [0.3, 0.4) is 0 Å². The van der Waals surface area contributed by atoms with Crippen LogP contribution in [0.25, 0.3) is 11.0 Å². The first kappa shape index (κ1) is 14.7. The number of benzene rings is 1.